The summed E-state index contributed by atoms with van der Waals surface area (Å²) in [6.07, 6.45) is 1.84. The van der Waals surface area contributed by atoms with Crippen LogP contribution in [-0.2, 0) is 6.54 Å². The van der Waals surface area contributed by atoms with Gasteiger partial charge in [-0.15, -0.1) is 0 Å². The largest absolute Gasteiger partial charge is 0.329 e. The summed E-state index contributed by atoms with van der Waals surface area (Å²) in [6, 6.07) is 12.6. The van der Waals surface area contributed by atoms with Gasteiger partial charge in [0.1, 0.15) is 5.82 Å². The van der Waals surface area contributed by atoms with Gasteiger partial charge < -0.3 is 10.2 Å². The van der Waals surface area contributed by atoms with Gasteiger partial charge in [-0.05, 0) is 31.7 Å². The topological polar surface area (TPSA) is 28.2 Å². The van der Waals surface area contributed by atoms with Crippen molar-refractivity contribution in [3.8, 4) is 0 Å². The Labute approximate surface area is 115 Å². The second-order valence-electron chi connectivity index (χ2n) is 4.66. The smallest absolute Gasteiger partial charge is 0.137 e. The zero-order valence-electron chi connectivity index (χ0n) is 11.9. The van der Waals surface area contributed by atoms with E-state index in [-0.39, 0.29) is 0 Å². The molecule has 1 N–H and O–H groups in total. The van der Waals surface area contributed by atoms with Crippen molar-refractivity contribution < 1.29 is 0 Å². The van der Waals surface area contributed by atoms with Crippen molar-refractivity contribution in [1.82, 2.24) is 10.3 Å². The third-order valence-electron chi connectivity index (χ3n) is 3.17. The molecule has 3 heteroatoms. The van der Waals surface area contributed by atoms with Gasteiger partial charge >= 0.3 is 0 Å². The van der Waals surface area contributed by atoms with Gasteiger partial charge in [0.2, 0.25) is 0 Å². The molecule has 0 radical (unpaired) electrons. The van der Waals surface area contributed by atoms with Crippen LogP contribution in [-0.4, -0.2) is 18.6 Å². The molecule has 0 atom stereocenters. The van der Waals surface area contributed by atoms with Crippen LogP contribution < -0.4 is 10.2 Å². The summed E-state index contributed by atoms with van der Waals surface area (Å²) in [5.41, 5.74) is 3.64. The lowest BCUT2D eigenvalue weighted by Crippen LogP contribution is -2.18. The van der Waals surface area contributed by atoms with E-state index in [0.717, 1.165) is 24.6 Å². The fourth-order valence-corrected chi connectivity index (χ4v) is 2.02. The lowest BCUT2D eigenvalue weighted by atomic mass is 10.2. The average molecular weight is 255 g/mol. The predicted molar refractivity (Wildman–Crippen MR) is 80.9 cm³/mol. The molecule has 0 spiro atoms. The highest BCUT2D eigenvalue weighted by molar-refractivity contribution is 5.62. The molecule has 0 bridgehead atoms. The van der Waals surface area contributed by atoms with E-state index in [2.05, 4.69) is 66.4 Å². The molecule has 1 aromatic carbocycles. The molecular formula is C16H21N3. The van der Waals surface area contributed by atoms with Crippen LogP contribution in [0.4, 0.5) is 11.5 Å². The van der Waals surface area contributed by atoms with E-state index in [9.17, 15) is 0 Å². The number of anilines is 2. The molecule has 0 amide bonds. The molecule has 100 valence electrons. The summed E-state index contributed by atoms with van der Waals surface area (Å²) in [5.74, 6) is 1.01. The number of pyridine rings is 1. The van der Waals surface area contributed by atoms with Crippen molar-refractivity contribution in [2.24, 2.45) is 0 Å². The van der Waals surface area contributed by atoms with Gasteiger partial charge in [-0.2, -0.15) is 0 Å². The molecule has 1 aromatic heterocycles. The van der Waals surface area contributed by atoms with E-state index < -0.39 is 0 Å². The minimum Gasteiger partial charge on any atom is -0.329 e. The van der Waals surface area contributed by atoms with Gasteiger partial charge in [0.25, 0.3) is 0 Å². The summed E-state index contributed by atoms with van der Waals surface area (Å²) in [6.45, 7) is 6.01. The Morgan fingerprint density at radius 2 is 1.89 bits per heavy atom. The molecule has 0 fully saturated rings. The van der Waals surface area contributed by atoms with Crippen molar-refractivity contribution in [2.75, 3.05) is 18.5 Å². The molecule has 0 aliphatic heterocycles. The van der Waals surface area contributed by atoms with Gasteiger partial charge in [-0.3, -0.25) is 0 Å². The molecule has 0 aliphatic rings. The third-order valence-corrected chi connectivity index (χ3v) is 3.17. The van der Waals surface area contributed by atoms with E-state index >= 15 is 0 Å². The number of benzene rings is 1. The highest BCUT2D eigenvalue weighted by Crippen LogP contribution is 2.24. The average Bonchev–Trinajstić information content (AvgIpc) is 2.45. The molecule has 1 heterocycles. The van der Waals surface area contributed by atoms with E-state index in [0.29, 0.717) is 0 Å². The standard InChI is InChI=1S/C16H21N3/c1-4-17-12-14-6-5-11-18-16(14)19(3)15-9-7-13(2)8-10-15/h5-11,17H,4,12H2,1-3H3. The minimum atomic E-state index is 0.843. The minimum absolute atomic E-state index is 0.843. The fraction of sp³-hybridized carbons (Fsp3) is 0.312. The van der Waals surface area contributed by atoms with Crippen LogP contribution in [0, 0.1) is 6.92 Å². The van der Waals surface area contributed by atoms with Crippen molar-refractivity contribution in [1.29, 1.82) is 0 Å². The molecule has 2 rings (SSSR count). The first kappa shape index (κ1) is 13.6. The van der Waals surface area contributed by atoms with Crippen LogP contribution in [0.3, 0.4) is 0 Å². The molecule has 2 aromatic rings. The Kier molecular flexibility index (Phi) is 4.53. The Balaban J connectivity index is 2.27. The summed E-state index contributed by atoms with van der Waals surface area (Å²) < 4.78 is 0. The summed E-state index contributed by atoms with van der Waals surface area (Å²) >= 11 is 0. The summed E-state index contributed by atoms with van der Waals surface area (Å²) in [4.78, 5) is 6.65. The van der Waals surface area contributed by atoms with E-state index in [4.69, 9.17) is 0 Å². The van der Waals surface area contributed by atoms with Gasteiger partial charge in [0, 0.05) is 31.0 Å². The molecule has 0 aliphatic carbocycles. The Morgan fingerprint density at radius 1 is 1.16 bits per heavy atom. The zero-order valence-corrected chi connectivity index (χ0v) is 11.9. The number of aryl methyl sites for hydroxylation is 1. The number of nitrogens with zero attached hydrogens (tertiary/aromatic N) is 2. The van der Waals surface area contributed by atoms with Crippen molar-refractivity contribution in [3.63, 3.8) is 0 Å². The highest BCUT2D eigenvalue weighted by atomic mass is 15.2. The maximum absolute atomic E-state index is 4.52. The Bertz CT molecular complexity index is 520. The first-order valence-corrected chi connectivity index (χ1v) is 6.67. The second kappa shape index (κ2) is 6.34. The van der Waals surface area contributed by atoms with Gasteiger partial charge in [0.15, 0.2) is 0 Å². The van der Waals surface area contributed by atoms with E-state index in [1.165, 1.54) is 11.1 Å². The second-order valence-corrected chi connectivity index (χ2v) is 4.66. The summed E-state index contributed by atoms with van der Waals surface area (Å²) in [5, 5.41) is 3.35. The van der Waals surface area contributed by atoms with Crippen LogP contribution in [0.5, 0.6) is 0 Å². The van der Waals surface area contributed by atoms with E-state index in [1.54, 1.807) is 0 Å². The Morgan fingerprint density at radius 3 is 2.58 bits per heavy atom. The number of nitrogens with one attached hydrogen (secondary N) is 1. The van der Waals surface area contributed by atoms with Crippen LogP contribution in [0.2, 0.25) is 0 Å². The Hall–Kier alpha value is -1.87. The fourth-order valence-electron chi connectivity index (χ4n) is 2.02. The summed E-state index contributed by atoms with van der Waals surface area (Å²) in [7, 11) is 2.06. The lowest BCUT2D eigenvalue weighted by molar-refractivity contribution is 0.723. The first-order valence-electron chi connectivity index (χ1n) is 6.67. The maximum Gasteiger partial charge on any atom is 0.137 e. The molecule has 3 nitrogen and oxygen atoms in total. The monoisotopic (exact) mass is 255 g/mol. The maximum atomic E-state index is 4.52. The van der Waals surface area contributed by atoms with Crippen LogP contribution in [0.25, 0.3) is 0 Å². The highest BCUT2D eigenvalue weighted by Gasteiger charge is 2.09. The van der Waals surface area contributed by atoms with Crippen LogP contribution >= 0.6 is 0 Å². The third kappa shape index (κ3) is 3.32. The van der Waals surface area contributed by atoms with Gasteiger partial charge in [-0.1, -0.05) is 30.7 Å². The SMILES string of the molecule is CCNCc1cccnc1N(C)c1ccc(C)cc1. The lowest BCUT2D eigenvalue weighted by Gasteiger charge is -2.21. The number of rotatable bonds is 5. The number of hydrogen-bond donors (Lipinski definition) is 1. The van der Waals surface area contributed by atoms with Crippen molar-refractivity contribution in [3.05, 3.63) is 53.7 Å². The predicted octanol–water partition coefficient (Wildman–Crippen LogP) is 3.27. The normalized spacial score (nSPS) is 10.5. The zero-order chi connectivity index (χ0) is 13.7. The molecule has 19 heavy (non-hydrogen) atoms. The quantitative estimate of drug-likeness (QED) is 0.888. The van der Waals surface area contributed by atoms with Crippen LogP contribution in [0.15, 0.2) is 42.6 Å². The first-order chi connectivity index (χ1) is 9.22. The van der Waals surface area contributed by atoms with Crippen molar-refractivity contribution >= 4 is 11.5 Å². The molecule has 0 saturated carbocycles. The molecule has 0 unspecified atom stereocenters. The molecule has 0 saturated heterocycles. The van der Waals surface area contributed by atoms with Crippen molar-refractivity contribution in [2.45, 2.75) is 20.4 Å². The number of hydrogen-bond acceptors (Lipinski definition) is 3. The molecular weight excluding hydrogens is 234 g/mol. The van der Waals surface area contributed by atoms with Gasteiger partial charge in [-0.25, -0.2) is 4.98 Å². The van der Waals surface area contributed by atoms with E-state index in [1.807, 2.05) is 12.3 Å². The number of aromatic nitrogens is 1. The van der Waals surface area contributed by atoms with Crippen LogP contribution in [0.1, 0.15) is 18.1 Å². The van der Waals surface area contributed by atoms with Gasteiger partial charge in [0.05, 0.1) is 0 Å².